The first-order chi connectivity index (χ1) is 10.4. The van der Waals surface area contributed by atoms with Crippen molar-refractivity contribution in [2.75, 3.05) is 19.7 Å². The highest BCUT2D eigenvalue weighted by Gasteiger charge is 2.20. The zero-order chi connectivity index (χ0) is 14.3. The molecule has 4 nitrogen and oxygen atoms in total. The van der Waals surface area contributed by atoms with Crippen molar-refractivity contribution in [1.29, 1.82) is 0 Å². The highest BCUT2D eigenvalue weighted by molar-refractivity contribution is 5.09. The molecule has 2 aromatic rings. The van der Waals surface area contributed by atoms with Crippen molar-refractivity contribution < 1.29 is 4.74 Å². The summed E-state index contributed by atoms with van der Waals surface area (Å²) in [6.45, 7) is 3.96. The summed E-state index contributed by atoms with van der Waals surface area (Å²) in [4.78, 5) is 11.1. The highest BCUT2D eigenvalue weighted by Crippen LogP contribution is 2.19. The fraction of sp³-hybridized carbons (Fsp3) is 0.412. The van der Waals surface area contributed by atoms with E-state index in [1.54, 1.807) is 6.20 Å². The molecule has 0 saturated carbocycles. The van der Waals surface area contributed by atoms with Gasteiger partial charge in [0, 0.05) is 25.0 Å². The predicted molar refractivity (Wildman–Crippen MR) is 82.0 cm³/mol. The minimum absolute atomic E-state index is 0.631. The molecular weight excluding hydrogens is 262 g/mol. The van der Waals surface area contributed by atoms with Gasteiger partial charge in [0.2, 0.25) is 5.88 Å². The number of hydrogen-bond donors (Lipinski definition) is 0. The van der Waals surface area contributed by atoms with Gasteiger partial charge >= 0.3 is 0 Å². The Bertz CT molecular complexity index is 524. The standard InChI is InChI=1S/C17H21N3O/c1-3-9-18-16(5-1)13-20-11-7-15(8-12-20)14-21-17-6-2-4-10-19-17/h1-6,9-10,15H,7-8,11-14H2. The van der Waals surface area contributed by atoms with Crippen LogP contribution < -0.4 is 4.74 Å². The molecule has 0 bridgehead atoms. The van der Waals surface area contributed by atoms with Crippen molar-refractivity contribution in [3.05, 3.63) is 54.5 Å². The van der Waals surface area contributed by atoms with Crippen LogP contribution in [0.15, 0.2) is 48.8 Å². The predicted octanol–water partition coefficient (Wildman–Crippen LogP) is 2.77. The van der Waals surface area contributed by atoms with Crippen LogP contribution in [0.5, 0.6) is 5.88 Å². The molecule has 3 heterocycles. The fourth-order valence-electron chi connectivity index (χ4n) is 2.67. The SMILES string of the molecule is c1ccc(CN2CCC(COc3ccccn3)CC2)nc1. The van der Waals surface area contributed by atoms with Gasteiger partial charge in [-0.05, 0) is 50.0 Å². The largest absolute Gasteiger partial charge is 0.477 e. The van der Waals surface area contributed by atoms with Crippen molar-refractivity contribution in [2.45, 2.75) is 19.4 Å². The lowest BCUT2D eigenvalue weighted by Crippen LogP contribution is -2.35. The molecule has 4 heteroatoms. The second kappa shape index (κ2) is 7.18. The second-order valence-electron chi connectivity index (χ2n) is 5.52. The first-order valence-corrected chi connectivity index (χ1v) is 7.56. The molecule has 1 fully saturated rings. The van der Waals surface area contributed by atoms with E-state index in [2.05, 4.69) is 27.0 Å². The van der Waals surface area contributed by atoms with Gasteiger partial charge in [0.1, 0.15) is 0 Å². The van der Waals surface area contributed by atoms with Crippen LogP contribution in [0.3, 0.4) is 0 Å². The van der Waals surface area contributed by atoms with Gasteiger partial charge in [0.25, 0.3) is 0 Å². The van der Waals surface area contributed by atoms with E-state index < -0.39 is 0 Å². The zero-order valence-electron chi connectivity index (χ0n) is 12.2. The van der Waals surface area contributed by atoms with Gasteiger partial charge in [-0.3, -0.25) is 9.88 Å². The molecule has 110 valence electrons. The van der Waals surface area contributed by atoms with Gasteiger partial charge in [-0.2, -0.15) is 0 Å². The number of hydrogen-bond acceptors (Lipinski definition) is 4. The van der Waals surface area contributed by atoms with Crippen LogP contribution in [0.2, 0.25) is 0 Å². The highest BCUT2D eigenvalue weighted by atomic mass is 16.5. The molecule has 0 amide bonds. The number of rotatable bonds is 5. The molecule has 0 aromatic carbocycles. The molecule has 0 spiro atoms. The first-order valence-electron chi connectivity index (χ1n) is 7.56. The average molecular weight is 283 g/mol. The van der Waals surface area contributed by atoms with Crippen LogP contribution in [0, 0.1) is 5.92 Å². The van der Waals surface area contributed by atoms with Gasteiger partial charge in [-0.1, -0.05) is 12.1 Å². The van der Waals surface area contributed by atoms with E-state index in [1.807, 2.05) is 30.5 Å². The zero-order valence-corrected chi connectivity index (χ0v) is 12.2. The van der Waals surface area contributed by atoms with Crippen LogP contribution in [-0.4, -0.2) is 34.6 Å². The van der Waals surface area contributed by atoms with E-state index in [0.717, 1.165) is 37.8 Å². The van der Waals surface area contributed by atoms with Crippen LogP contribution in [0.25, 0.3) is 0 Å². The Morgan fingerprint density at radius 2 is 1.76 bits per heavy atom. The number of nitrogens with zero attached hydrogens (tertiary/aromatic N) is 3. The molecular formula is C17H21N3O. The maximum atomic E-state index is 5.76. The van der Waals surface area contributed by atoms with E-state index in [9.17, 15) is 0 Å². The molecule has 0 atom stereocenters. The average Bonchev–Trinajstić information content (AvgIpc) is 2.56. The van der Waals surface area contributed by atoms with Gasteiger partial charge in [0.15, 0.2) is 0 Å². The number of ether oxygens (including phenoxy) is 1. The molecule has 0 N–H and O–H groups in total. The minimum Gasteiger partial charge on any atom is -0.477 e. The Kier molecular flexibility index (Phi) is 4.79. The van der Waals surface area contributed by atoms with E-state index in [1.165, 1.54) is 12.8 Å². The van der Waals surface area contributed by atoms with Crippen LogP contribution >= 0.6 is 0 Å². The fourth-order valence-corrected chi connectivity index (χ4v) is 2.67. The molecule has 0 aliphatic carbocycles. The normalized spacial score (nSPS) is 16.8. The van der Waals surface area contributed by atoms with Crippen molar-refractivity contribution >= 4 is 0 Å². The summed E-state index contributed by atoms with van der Waals surface area (Å²) >= 11 is 0. The number of pyridine rings is 2. The Morgan fingerprint density at radius 1 is 1.00 bits per heavy atom. The molecule has 0 radical (unpaired) electrons. The monoisotopic (exact) mass is 283 g/mol. The molecule has 0 unspecified atom stereocenters. The summed E-state index contributed by atoms with van der Waals surface area (Å²) in [6, 6.07) is 11.9. The van der Waals surface area contributed by atoms with Crippen molar-refractivity contribution in [3.8, 4) is 5.88 Å². The van der Waals surface area contributed by atoms with Gasteiger partial charge in [-0.15, -0.1) is 0 Å². The summed E-state index contributed by atoms with van der Waals surface area (Å²) in [6.07, 6.45) is 5.99. The van der Waals surface area contributed by atoms with Crippen LogP contribution in [-0.2, 0) is 6.54 Å². The van der Waals surface area contributed by atoms with E-state index in [0.29, 0.717) is 5.92 Å². The lowest BCUT2D eigenvalue weighted by molar-refractivity contribution is 0.133. The number of aromatic nitrogens is 2. The lowest BCUT2D eigenvalue weighted by atomic mass is 9.98. The molecule has 1 aliphatic rings. The maximum Gasteiger partial charge on any atom is 0.213 e. The van der Waals surface area contributed by atoms with E-state index >= 15 is 0 Å². The van der Waals surface area contributed by atoms with Crippen molar-refractivity contribution in [1.82, 2.24) is 14.9 Å². The maximum absolute atomic E-state index is 5.76. The van der Waals surface area contributed by atoms with Crippen molar-refractivity contribution in [3.63, 3.8) is 0 Å². The third-order valence-corrected chi connectivity index (χ3v) is 3.92. The van der Waals surface area contributed by atoms with Crippen molar-refractivity contribution in [2.24, 2.45) is 5.92 Å². The smallest absolute Gasteiger partial charge is 0.213 e. The van der Waals surface area contributed by atoms with Crippen LogP contribution in [0.1, 0.15) is 18.5 Å². The molecule has 2 aromatic heterocycles. The Hall–Kier alpha value is -1.94. The quantitative estimate of drug-likeness (QED) is 0.845. The Balaban J connectivity index is 1.41. The first kappa shape index (κ1) is 14.0. The summed E-state index contributed by atoms with van der Waals surface area (Å²) in [5.41, 5.74) is 1.15. The summed E-state index contributed by atoms with van der Waals surface area (Å²) < 4.78 is 5.76. The van der Waals surface area contributed by atoms with Gasteiger partial charge < -0.3 is 4.74 Å². The van der Waals surface area contributed by atoms with E-state index in [-0.39, 0.29) is 0 Å². The van der Waals surface area contributed by atoms with Crippen LogP contribution in [0.4, 0.5) is 0 Å². The molecule has 1 saturated heterocycles. The Labute approximate surface area is 125 Å². The van der Waals surface area contributed by atoms with Gasteiger partial charge in [-0.25, -0.2) is 4.98 Å². The summed E-state index contributed by atoms with van der Waals surface area (Å²) in [5.74, 6) is 1.36. The third kappa shape index (κ3) is 4.26. The molecule has 1 aliphatic heterocycles. The molecule has 21 heavy (non-hydrogen) atoms. The topological polar surface area (TPSA) is 38.2 Å². The van der Waals surface area contributed by atoms with E-state index in [4.69, 9.17) is 4.74 Å². The number of piperidine rings is 1. The minimum atomic E-state index is 0.631. The number of likely N-dealkylation sites (tertiary alicyclic amines) is 1. The third-order valence-electron chi connectivity index (χ3n) is 3.92. The summed E-state index contributed by atoms with van der Waals surface area (Å²) in [5, 5.41) is 0. The molecule has 3 rings (SSSR count). The second-order valence-corrected chi connectivity index (χ2v) is 5.52. The Morgan fingerprint density at radius 3 is 2.43 bits per heavy atom. The lowest BCUT2D eigenvalue weighted by Gasteiger charge is -2.31. The van der Waals surface area contributed by atoms with Gasteiger partial charge in [0.05, 0.1) is 12.3 Å². The summed E-state index contributed by atoms with van der Waals surface area (Å²) in [7, 11) is 0.